The van der Waals surface area contributed by atoms with Crippen LogP contribution >= 0.6 is 8.25 Å². The second-order valence-corrected chi connectivity index (χ2v) is 4.14. The summed E-state index contributed by atoms with van der Waals surface area (Å²) in [5.41, 5.74) is 17.8. The Morgan fingerprint density at radius 2 is 1.78 bits per heavy atom. The van der Waals surface area contributed by atoms with Crippen molar-refractivity contribution in [1.82, 2.24) is 0 Å². The van der Waals surface area contributed by atoms with Crippen LogP contribution in [-0.2, 0) is 9.09 Å². The Morgan fingerprint density at radius 3 is 2.11 bits per heavy atom. The van der Waals surface area contributed by atoms with Gasteiger partial charge in [-0.1, -0.05) is 19.4 Å². The van der Waals surface area contributed by atoms with Crippen LogP contribution in [0.3, 0.4) is 0 Å². The number of hydrogen-bond donors (Lipinski definition) is 4. The molecule has 1 atom stereocenters. The molecular weight excluding hydrogens is 264 g/mol. The van der Waals surface area contributed by atoms with E-state index in [2.05, 4.69) is 4.52 Å². The number of benzene rings is 1. The van der Waals surface area contributed by atoms with Gasteiger partial charge in [0, 0.05) is 0 Å². The molecule has 1 aromatic carbocycles. The van der Waals surface area contributed by atoms with Crippen molar-refractivity contribution < 1.29 is 14.0 Å². The molecule has 18 heavy (non-hydrogen) atoms. The predicted molar refractivity (Wildman–Crippen MR) is 78.9 cm³/mol. The zero-order chi connectivity index (χ0) is 13.3. The van der Waals surface area contributed by atoms with E-state index >= 15 is 0 Å². The minimum atomic E-state index is -2.66. The van der Waals surface area contributed by atoms with Gasteiger partial charge >= 0.3 is 37.8 Å². The van der Waals surface area contributed by atoms with E-state index in [9.17, 15) is 4.57 Å². The molecule has 0 aromatic heterocycles. The van der Waals surface area contributed by atoms with Crippen LogP contribution in [0.4, 0.5) is 17.1 Å². The molecule has 1 unspecified atom stereocenters. The molecule has 0 radical (unpaired) electrons. The average Bonchev–Trinajstić information content (AvgIpc) is 2.27. The van der Waals surface area contributed by atoms with Gasteiger partial charge in [0.25, 0.3) is 0 Å². The van der Waals surface area contributed by atoms with E-state index in [1.807, 2.05) is 6.92 Å². The third kappa shape index (κ3) is 9.76. The van der Waals surface area contributed by atoms with Gasteiger partial charge in [-0.25, -0.2) is 0 Å². The first-order valence-electron chi connectivity index (χ1n) is 5.24. The molecule has 100 valence electrons. The van der Waals surface area contributed by atoms with Crippen molar-refractivity contribution in [1.29, 1.82) is 0 Å². The van der Waals surface area contributed by atoms with Crippen LogP contribution in [-0.4, -0.2) is 41.1 Å². The average molecular weight is 285 g/mol. The molecule has 0 saturated heterocycles. The molecule has 0 amide bonds. The van der Waals surface area contributed by atoms with E-state index in [1.54, 1.807) is 18.2 Å². The molecule has 8 heteroatoms. The van der Waals surface area contributed by atoms with Crippen LogP contribution in [0.25, 0.3) is 0 Å². The molecule has 0 aliphatic heterocycles. The zero-order valence-electron chi connectivity index (χ0n) is 9.85. The normalized spacial score (nSPS) is 10.8. The Bertz CT molecular complexity index is 346. The summed E-state index contributed by atoms with van der Waals surface area (Å²) in [5.74, 6) is 0. The Morgan fingerprint density at radius 1 is 1.28 bits per heavy atom. The van der Waals surface area contributed by atoms with E-state index in [0.29, 0.717) is 23.7 Å². The van der Waals surface area contributed by atoms with E-state index in [-0.39, 0.29) is 29.6 Å². The van der Waals surface area contributed by atoms with Gasteiger partial charge < -0.3 is 26.6 Å². The van der Waals surface area contributed by atoms with Crippen molar-refractivity contribution in [3.8, 4) is 0 Å². The Balaban J connectivity index is 0. The summed E-state index contributed by atoms with van der Waals surface area (Å²) < 4.78 is 14.2. The van der Waals surface area contributed by atoms with Gasteiger partial charge in [0.15, 0.2) is 0 Å². The first kappa shape index (κ1) is 20.1. The van der Waals surface area contributed by atoms with Crippen LogP contribution in [0.2, 0.25) is 0 Å². The van der Waals surface area contributed by atoms with Crippen LogP contribution in [0.15, 0.2) is 18.2 Å². The minimum absolute atomic E-state index is 0. The Kier molecular flexibility index (Phi) is 13.2. The number of anilines is 3. The van der Waals surface area contributed by atoms with Gasteiger partial charge in [-0.3, -0.25) is 4.57 Å². The second-order valence-electron chi connectivity index (χ2n) is 3.32. The van der Waals surface area contributed by atoms with Crippen LogP contribution < -0.4 is 17.2 Å². The molecule has 7 N–H and O–H groups in total. The summed E-state index contributed by atoms with van der Waals surface area (Å²) in [4.78, 5) is 8.10. The van der Waals surface area contributed by atoms with Crippen molar-refractivity contribution in [3.63, 3.8) is 0 Å². The molecule has 0 heterocycles. The molecular formula is C10H21N3NaO3P. The summed E-state index contributed by atoms with van der Waals surface area (Å²) in [5, 5.41) is 0. The zero-order valence-corrected chi connectivity index (χ0v) is 10.8. The van der Waals surface area contributed by atoms with Gasteiger partial charge in [0.1, 0.15) is 0 Å². The predicted octanol–water partition coefficient (Wildman–Crippen LogP) is 0.970. The number of nitrogen functional groups attached to an aromatic ring is 3. The summed E-state index contributed by atoms with van der Waals surface area (Å²) in [6.07, 6.45) is 1.85. The summed E-state index contributed by atoms with van der Waals surface area (Å²) in [6.45, 7) is 2.41. The fourth-order valence-electron chi connectivity index (χ4n) is 0.905. The third-order valence-corrected chi connectivity index (χ3v) is 2.35. The monoisotopic (exact) mass is 285 g/mol. The first-order chi connectivity index (χ1) is 7.99. The number of nitrogens with two attached hydrogens (primary N) is 3. The SMILES string of the molecule is CCCCO[PH](=O)O.Nc1cccc(N)c1N.[NaH]. The van der Waals surface area contributed by atoms with Crippen LogP contribution in [0.1, 0.15) is 19.8 Å². The van der Waals surface area contributed by atoms with Crippen molar-refractivity contribution >= 4 is 54.9 Å². The van der Waals surface area contributed by atoms with Crippen LogP contribution in [0.5, 0.6) is 0 Å². The topological polar surface area (TPSA) is 125 Å². The van der Waals surface area contributed by atoms with Crippen LogP contribution in [0, 0.1) is 0 Å². The van der Waals surface area contributed by atoms with Crippen molar-refractivity contribution in [2.45, 2.75) is 19.8 Å². The summed E-state index contributed by atoms with van der Waals surface area (Å²) >= 11 is 0. The number of hydrogen-bond acceptors (Lipinski definition) is 5. The second kappa shape index (κ2) is 11.8. The Labute approximate surface area is 130 Å². The molecule has 0 fully saturated rings. The van der Waals surface area contributed by atoms with E-state index in [4.69, 9.17) is 22.1 Å². The van der Waals surface area contributed by atoms with Crippen molar-refractivity contribution in [2.75, 3.05) is 23.8 Å². The number of para-hydroxylation sites is 1. The van der Waals surface area contributed by atoms with Gasteiger partial charge in [-0.15, -0.1) is 0 Å². The molecule has 0 aliphatic rings. The quantitative estimate of drug-likeness (QED) is 0.283. The maximum absolute atomic E-state index is 9.84. The fourth-order valence-corrected chi connectivity index (χ4v) is 1.22. The molecule has 0 saturated carbocycles. The fraction of sp³-hybridized carbons (Fsp3) is 0.400. The number of rotatable bonds is 4. The number of unbranched alkanes of at least 4 members (excludes halogenated alkanes) is 1. The van der Waals surface area contributed by atoms with E-state index in [0.717, 1.165) is 12.8 Å². The molecule has 1 aromatic rings. The van der Waals surface area contributed by atoms with E-state index < -0.39 is 8.25 Å². The van der Waals surface area contributed by atoms with Crippen molar-refractivity contribution in [3.05, 3.63) is 18.2 Å². The van der Waals surface area contributed by atoms with Gasteiger partial charge in [0.05, 0.1) is 23.7 Å². The maximum atomic E-state index is 9.84. The van der Waals surface area contributed by atoms with E-state index in [1.165, 1.54) is 0 Å². The Hall–Kier alpha value is -0.230. The summed E-state index contributed by atoms with van der Waals surface area (Å²) in [7, 11) is -2.66. The third-order valence-electron chi connectivity index (χ3n) is 1.90. The van der Waals surface area contributed by atoms with Gasteiger partial charge in [-0.05, 0) is 18.6 Å². The molecule has 0 aliphatic carbocycles. The standard InChI is InChI=1S/C6H9N3.C4H11O3P.Na.H/c7-4-2-1-3-5(8)6(4)9;1-2-3-4-7-8(5)6;;/h1-3H,7-9H2;8H,2-4H2,1H3,(H,5,6);;. The van der Waals surface area contributed by atoms with Gasteiger partial charge in [0.2, 0.25) is 0 Å². The van der Waals surface area contributed by atoms with Gasteiger partial charge in [-0.2, -0.15) is 0 Å². The first-order valence-corrected chi connectivity index (χ1v) is 6.50. The molecule has 0 bridgehead atoms. The summed E-state index contributed by atoms with van der Waals surface area (Å²) in [6, 6.07) is 5.19. The molecule has 0 spiro atoms. The van der Waals surface area contributed by atoms with Crippen molar-refractivity contribution in [2.24, 2.45) is 0 Å². The molecule has 1 rings (SSSR count). The molecule has 6 nitrogen and oxygen atoms in total.